The van der Waals surface area contributed by atoms with Crippen LogP contribution in [0.15, 0.2) is 57.9 Å². The summed E-state index contributed by atoms with van der Waals surface area (Å²) in [6.07, 6.45) is 0. The molecule has 1 fully saturated rings. The average molecular weight is 401 g/mol. The van der Waals surface area contributed by atoms with E-state index in [9.17, 15) is 14.7 Å². The van der Waals surface area contributed by atoms with Crippen LogP contribution < -0.4 is 4.90 Å². The summed E-state index contributed by atoms with van der Waals surface area (Å²) in [6, 6.07) is 10.8. The monoisotopic (exact) mass is 400 g/mol. The molecular formula is C19H13ClN2O4S. The minimum Gasteiger partial charge on any atom is -0.507 e. The SMILES string of the molecule is Cc1cc(N2C(=O)C(=O)/C(=C(/O)c3ccc(Cl)cc3)[C@H]2c2cccs2)no1. The van der Waals surface area contributed by atoms with Gasteiger partial charge in [0.05, 0.1) is 5.57 Å². The molecule has 8 heteroatoms. The highest BCUT2D eigenvalue weighted by molar-refractivity contribution is 7.10. The Labute approximate surface area is 163 Å². The summed E-state index contributed by atoms with van der Waals surface area (Å²) in [5.74, 6) is -1.07. The molecule has 27 heavy (non-hydrogen) atoms. The van der Waals surface area contributed by atoms with Crippen LogP contribution in [0.2, 0.25) is 5.02 Å². The molecule has 1 aromatic carbocycles. The number of aliphatic hydroxyl groups excluding tert-OH is 1. The minimum absolute atomic E-state index is 0.00502. The highest BCUT2D eigenvalue weighted by atomic mass is 35.5. The fourth-order valence-electron chi connectivity index (χ4n) is 3.01. The molecule has 1 atom stereocenters. The molecule has 0 aliphatic carbocycles. The fourth-order valence-corrected chi connectivity index (χ4v) is 3.96. The Balaban J connectivity index is 1.92. The van der Waals surface area contributed by atoms with Gasteiger partial charge in [-0.05, 0) is 42.6 Å². The second-order valence-electron chi connectivity index (χ2n) is 5.99. The number of anilines is 1. The van der Waals surface area contributed by atoms with E-state index in [4.69, 9.17) is 16.1 Å². The molecule has 3 aromatic rings. The van der Waals surface area contributed by atoms with Crippen LogP contribution in [0.4, 0.5) is 5.82 Å². The molecule has 4 rings (SSSR count). The number of benzene rings is 1. The average Bonchev–Trinajstić information content (AvgIpc) is 3.37. The van der Waals surface area contributed by atoms with Crippen LogP contribution in [0.25, 0.3) is 5.76 Å². The molecule has 1 aliphatic rings. The van der Waals surface area contributed by atoms with E-state index in [-0.39, 0.29) is 17.2 Å². The molecule has 1 saturated heterocycles. The number of carbonyl (C=O) groups is 2. The first-order chi connectivity index (χ1) is 13.0. The summed E-state index contributed by atoms with van der Waals surface area (Å²) in [5, 5.41) is 17.1. The molecule has 6 nitrogen and oxygen atoms in total. The third-order valence-electron chi connectivity index (χ3n) is 4.24. The smallest absolute Gasteiger partial charge is 0.301 e. The molecule has 1 amide bonds. The van der Waals surface area contributed by atoms with Crippen LogP contribution >= 0.6 is 22.9 Å². The lowest BCUT2D eigenvalue weighted by Gasteiger charge is -2.21. The van der Waals surface area contributed by atoms with E-state index in [1.165, 1.54) is 16.2 Å². The summed E-state index contributed by atoms with van der Waals surface area (Å²) in [7, 11) is 0. The number of hydrogen-bond acceptors (Lipinski definition) is 6. The predicted octanol–water partition coefficient (Wildman–Crippen LogP) is 4.32. The number of halogens is 1. The Morgan fingerprint density at radius 1 is 1.26 bits per heavy atom. The Kier molecular flexibility index (Phi) is 4.33. The first-order valence-corrected chi connectivity index (χ1v) is 9.27. The summed E-state index contributed by atoms with van der Waals surface area (Å²) in [5.41, 5.74) is 0.403. The zero-order valence-electron chi connectivity index (χ0n) is 14.0. The first-order valence-electron chi connectivity index (χ1n) is 8.01. The van der Waals surface area contributed by atoms with Gasteiger partial charge in [-0.25, -0.2) is 0 Å². The summed E-state index contributed by atoms with van der Waals surface area (Å²) in [6.45, 7) is 1.70. The van der Waals surface area contributed by atoms with E-state index in [1.807, 2.05) is 11.4 Å². The third-order valence-corrected chi connectivity index (χ3v) is 5.41. The second-order valence-corrected chi connectivity index (χ2v) is 7.40. The number of aromatic nitrogens is 1. The first kappa shape index (κ1) is 17.5. The Morgan fingerprint density at radius 2 is 2.00 bits per heavy atom. The fraction of sp³-hybridized carbons (Fsp3) is 0.105. The van der Waals surface area contributed by atoms with Gasteiger partial charge in [-0.1, -0.05) is 22.8 Å². The second kappa shape index (κ2) is 6.68. The highest BCUT2D eigenvalue weighted by Gasteiger charge is 2.48. The van der Waals surface area contributed by atoms with Crippen LogP contribution in [0, 0.1) is 6.92 Å². The molecule has 0 spiro atoms. The van der Waals surface area contributed by atoms with Gasteiger partial charge in [-0.15, -0.1) is 11.3 Å². The number of ketones is 1. The van der Waals surface area contributed by atoms with E-state index >= 15 is 0 Å². The van der Waals surface area contributed by atoms with Gasteiger partial charge < -0.3 is 9.63 Å². The van der Waals surface area contributed by atoms with Gasteiger partial charge in [0.1, 0.15) is 17.6 Å². The number of Topliss-reactive ketones (excluding diaryl/α,β-unsaturated/α-hetero) is 1. The van der Waals surface area contributed by atoms with Gasteiger partial charge in [0.25, 0.3) is 5.78 Å². The number of amides is 1. The predicted molar refractivity (Wildman–Crippen MR) is 102 cm³/mol. The molecule has 136 valence electrons. The van der Waals surface area contributed by atoms with Crippen LogP contribution in [-0.2, 0) is 9.59 Å². The normalized spacial score (nSPS) is 19.0. The molecular weight excluding hydrogens is 388 g/mol. The van der Waals surface area contributed by atoms with Gasteiger partial charge in [0.15, 0.2) is 5.82 Å². The van der Waals surface area contributed by atoms with Gasteiger partial charge >= 0.3 is 5.91 Å². The number of aliphatic hydroxyl groups is 1. The number of aryl methyl sites for hydroxylation is 1. The maximum Gasteiger partial charge on any atom is 0.301 e. The lowest BCUT2D eigenvalue weighted by atomic mass is 10.00. The van der Waals surface area contributed by atoms with Crippen LogP contribution in [0.1, 0.15) is 22.2 Å². The zero-order valence-corrected chi connectivity index (χ0v) is 15.6. The van der Waals surface area contributed by atoms with Crippen LogP contribution in [-0.4, -0.2) is 22.0 Å². The van der Waals surface area contributed by atoms with Crippen molar-refractivity contribution < 1.29 is 19.2 Å². The number of thiophene rings is 1. The molecule has 0 unspecified atom stereocenters. The lowest BCUT2D eigenvalue weighted by Crippen LogP contribution is -2.29. The quantitative estimate of drug-likeness (QED) is 0.402. The van der Waals surface area contributed by atoms with Crippen molar-refractivity contribution in [3.05, 3.63) is 74.6 Å². The van der Waals surface area contributed by atoms with Crippen LogP contribution in [0.3, 0.4) is 0 Å². The van der Waals surface area contributed by atoms with E-state index in [0.717, 1.165) is 4.88 Å². The minimum atomic E-state index is -0.787. The molecule has 2 aromatic heterocycles. The number of hydrogen-bond donors (Lipinski definition) is 1. The van der Waals surface area contributed by atoms with Crippen molar-refractivity contribution in [2.24, 2.45) is 0 Å². The van der Waals surface area contributed by atoms with Crippen LogP contribution in [0.5, 0.6) is 0 Å². The lowest BCUT2D eigenvalue weighted by molar-refractivity contribution is -0.132. The number of nitrogens with zero attached hydrogens (tertiary/aromatic N) is 2. The Morgan fingerprint density at radius 3 is 2.59 bits per heavy atom. The maximum absolute atomic E-state index is 12.8. The van der Waals surface area contributed by atoms with Gasteiger partial charge in [0.2, 0.25) is 0 Å². The third kappa shape index (κ3) is 2.94. The van der Waals surface area contributed by atoms with Gasteiger partial charge in [-0.2, -0.15) is 0 Å². The zero-order chi connectivity index (χ0) is 19.1. The highest BCUT2D eigenvalue weighted by Crippen LogP contribution is 2.43. The number of rotatable bonds is 3. The van der Waals surface area contributed by atoms with Crippen molar-refractivity contribution in [1.29, 1.82) is 0 Å². The molecule has 0 radical (unpaired) electrons. The van der Waals surface area contributed by atoms with Crippen molar-refractivity contribution >= 4 is 46.2 Å². The number of carbonyl (C=O) groups excluding carboxylic acids is 2. The Bertz CT molecular complexity index is 1050. The molecule has 1 N–H and O–H groups in total. The van der Waals surface area contributed by atoms with Gasteiger partial charge in [-0.3, -0.25) is 14.5 Å². The Hall–Kier alpha value is -2.90. The largest absolute Gasteiger partial charge is 0.507 e. The molecule has 0 saturated carbocycles. The van der Waals surface area contributed by atoms with E-state index in [2.05, 4.69) is 5.16 Å². The standard InChI is InChI=1S/C19H13ClN2O4S/c1-10-9-14(21-26-10)22-16(13-3-2-8-27-13)15(18(24)19(22)25)17(23)11-4-6-12(20)7-5-11/h2-9,16,23H,1H3/b17-15+/t16-/m1/s1. The maximum atomic E-state index is 12.8. The van der Waals surface area contributed by atoms with Crippen molar-refractivity contribution in [3.8, 4) is 0 Å². The van der Waals surface area contributed by atoms with Crippen molar-refractivity contribution in [1.82, 2.24) is 5.16 Å². The van der Waals surface area contributed by atoms with E-state index in [0.29, 0.717) is 16.3 Å². The summed E-state index contributed by atoms with van der Waals surface area (Å²) in [4.78, 5) is 27.5. The summed E-state index contributed by atoms with van der Waals surface area (Å²) >= 11 is 7.28. The topological polar surface area (TPSA) is 83.6 Å². The van der Waals surface area contributed by atoms with Gasteiger partial charge in [0, 0.05) is 21.5 Å². The molecule has 0 bridgehead atoms. The molecule has 3 heterocycles. The van der Waals surface area contributed by atoms with Crippen molar-refractivity contribution in [2.75, 3.05) is 4.90 Å². The van der Waals surface area contributed by atoms with E-state index in [1.54, 1.807) is 43.3 Å². The van der Waals surface area contributed by atoms with E-state index < -0.39 is 17.7 Å². The van der Waals surface area contributed by atoms with Crippen molar-refractivity contribution in [3.63, 3.8) is 0 Å². The van der Waals surface area contributed by atoms with Crippen molar-refractivity contribution in [2.45, 2.75) is 13.0 Å². The summed E-state index contributed by atoms with van der Waals surface area (Å²) < 4.78 is 5.07. The molecule has 1 aliphatic heterocycles.